The van der Waals surface area contributed by atoms with Gasteiger partial charge in [-0.05, 0) is 6.07 Å². The van der Waals surface area contributed by atoms with Gasteiger partial charge < -0.3 is 29.0 Å². The first-order valence-electron chi connectivity index (χ1n) is 10.3. The molecule has 5 unspecified atom stereocenters. The summed E-state index contributed by atoms with van der Waals surface area (Å²) in [5, 5.41) is 25.4. The molecule has 1 aliphatic rings. The highest BCUT2D eigenvalue weighted by molar-refractivity contribution is 5.70. The van der Waals surface area contributed by atoms with Crippen LogP contribution in [-0.2, 0) is 42.9 Å². The van der Waals surface area contributed by atoms with Crippen LogP contribution in [0.5, 0.6) is 0 Å². The Morgan fingerprint density at radius 3 is 1.97 bits per heavy atom. The zero-order valence-corrected chi connectivity index (χ0v) is 19.5. The Bertz CT molecular complexity index is 1060. The average Bonchev–Trinajstić information content (AvgIpc) is 2.75. The van der Waals surface area contributed by atoms with E-state index >= 15 is 0 Å². The molecule has 0 aliphatic carbocycles. The summed E-state index contributed by atoms with van der Waals surface area (Å²) in [6, 6.07) is 1.33. The smallest absolute Gasteiger partial charge is 0.305 e. The molecule has 1 aromatic carbocycles. The van der Waals surface area contributed by atoms with Gasteiger partial charge in [-0.3, -0.25) is 39.4 Å². The van der Waals surface area contributed by atoms with E-state index in [1.54, 1.807) is 0 Å². The quantitative estimate of drug-likeness (QED) is 0.211. The fraction of sp³-hybridized carbons (Fsp3) is 0.500. The molecule has 16 nitrogen and oxygen atoms in total. The maximum atomic E-state index is 11.9. The number of nitrogens with zero attached hydrogens (tertiary/aromatic N) is 2. The second kappa shape index (κ2) is 11.9. The fourth-order valence-corrected chi connectivity index (χ4v) is 3.42. The van der Waals surface area contributed by atoms with Gasteiger partial charge in [0.25, 0.3) is 11.4 Å². The second-order valence-corrected chi connectivity index (χ2v) is 7.49. The molecule has 0 bridgehead atoms. The number of hydrogen-bond donors (Lipinski definition) is 1. The molecule has 1 aromatic rings. The van der Waals surface area contributed by atoms with Gasteiger partial charge in [-0.2, -0.15) is 0 Å². The van der Waals surface area contributed by atoms with Crippen LogP contribution in [0.15, 0.2) is 18.2 Å². The van der Waals surface area contributed by atoms with Crippen LogP contribution in [0, 0.1) is 20.2 Å². The van der Waals surface area contributed by atoms with Crippen molar-refractivity contribution in [3.05, 3.63) is 38.4 Å². The van der Waals surface area contributed by atoms with Gasteiger partial charge in [0, 0.05) is 33.8 Å². The maximum Gasteiger partial charge on any atom is 0.305 e. The third-order valence-corrected chi connectivity index (χ3v) is 4.70. The van der Waals surface area contributed by atoms with Crippen LogP contribution < -0.4 is 5.32 Å². The summed E-state index contributed by atoms with van der Waals surface area (Å²) in [5.41, 5.74) is -1.57. The van der Waals surface area contributed by atoms with E-state index in [-0.39, 0.29) is 5.69 Å². The zero-order valence-electron chi connectivity index (χ0n) is 19.5. The lowest BCUT2D eigenvalue weighted by molar-refractivity contribution is -0.393. The van der Waals surface area contributed by atoms with Gasteiger partial charge >= 0.3 is 23.9 Å². The molecule has 0 spiro atoms. The zero-order chi connectivity index (χ0) is 27.2. The van der Waals surface area contributed by atoms with E-state index in [1.165, 1.54) is 0 Å². The molecule has 0 radical (unpaired) electrons. The molecular weight excluding hydrogens is 490 g/mol. The van der Waals surface area contributed by atoms with Gasteiger partial charge in [0.05, 0.1) is 15.9 Å². The van der Waals surface area contributed by atoms with E-state index in [0.717, 1.165) is 39.8 Å². The van der Waals surface area contributed by atoms with Crippen molar-refractivity contribution in [2.45, 2.75) is 58.3 Å². The van der Waals surface area contributed by atoms with Crippen LogP contribution >= 0.6 is 0 Å². The van der Waals surface area contributed by atoms with E-state index in [2.05, 4.69) is 5.32 Å². The Kier molecular flexibility index (Phi) is 9.20. The topological polar surface area (TPSA) is 213 Å². The predicted molar refractivity (Wildman–Crippen MR) is 115 cm³/mol. The van der Waals surface area contributed by atoms with Gasteiger partial charge in [-0.1, -0.05) is 0 Å². The van der Waals surface area contributed by atoms with Crippen molar-refractivity contribution in [3.63, 3.8) is 0 Å². The van der Waals surface area contributed by atoms with Gasteiger partial charge in [0.15, 0.2) is 12.2 Å². The van der Waals surface area contributed by atoms with E-state index in [4.69, 9.17) is 23.7 Å². The van der Waals surface area contributed by atoms with Crippen LogP contribution in [-0.4, -0.2) is 71.0 Å². The summed E-state index contributed by atoms with van der Waals surface area (Å²) in [6.45, 7) is 3.72. The van der Waals surface area contributed by atoms with E-state index in [1.807, 2.05) is 0 Å². The van der Waals surface area contributed by atoms with Crippen molar-refractivity contribution in [1.82, 2.24) is 0 Å². The SMILES string of the molecule is CC(=O)OCC1OC(OC(C)=O)C(OC(C)=O)C(Nc2ccc([N+](=O)[O-])cc2[N+](=O)[O-])C1OC(C)=O. The normalized spacial score (nSPS) is 23.1. The fourth-order valence-electron chi connectivity index (χ4n) is 3.42. The van der Waals surface area contributed by atoms with Crippen LogP contribution in [0.2, 0.25) is 0 Å². The standard InChI is InChI=1S/C20H23N3O13/c1-9(24)32-8-16-18(33-10(2)25)17(19(34-11(3)26)20(36-16)35-12(4)27)21-14-6-5-13(22(28)29)7-15(14)23(30)31/h5-7,16-21H,8H2,1-4H3. The molecule has 16 heteroatoms. The summed E-state index contributed by atoms with van der Waals surface area (Å²) >= 11 is 0. The molecule has 1 heterocycles. The first kappa shape index (κ1) is 27.9. The number of nitro benzene ring substituents is 2. The van der Waals surface area contributed by atoms with Crippen molar-refractivity contribution >= 4 is 40.9 Å². The Labute approximate surface area is 203 Å². The minimum atomic E-state index is -1.62. The molecule has 0 aromatic heterocycles. The Hall–Kier alpha value is -4.34. The third kappa shape index (κ3) is 7.33. The largest absolute Gasteiger partial charge is 0.463 e. The maximum absolute atomic E-state index is 11.9. The number of carbonyl (C=O) groups is 4. The number of non-ortho nitro benzene ring substituents is 1. The van der Waals surface area contributed by atoms with Gasteiger partial charge in [-0.15, -0.1) is 0 Å². The lowest BCUT2D eigenvalue weighted by Gasteiger charge is -2.44. The van der Waals surface area contributed by atoms with Crippen LogP contribution in [0.25, 0.3) is 0 Å². The summed E-state index contributed by atoms with van der Waals surface area (Å²) in [5.74, 6) is -3.28. The number of carbonyl (C=O) groups excluding carboxylic acids is 4. The minimum absolute atomic E-state index is 0.278. The summed E-state index contributed by atoms with van der Waals surface area (Å²) in [4.78, 5) is 67.8. The molecule has 196 valence electrons. The number of benzene rings is 1. The number of nitro groups is 2. The molecule has 36 heavy (non-hydrogen) atoms. The van der Waals surface area contributed by atoms with Crippen molar-refractivity contribution in [1.29, 1.82) is 0 Å². The van der Waals surface area contributed by atoms with Crippen LogP contribution in [0.4, 0.5) is 17.1 Å². The van der Waals surface area contributed by atoms with Crippen LogP contribution in [0.1, 0.15) is 27.7 Å². The highest BCUT2D eigenvalue weighted by atomic mass is 16.7. The van der Waals surface area contributed by atoms with Gasteiger partial charge in [0.1, 0.15) is 24.4 Å². The van der Waals surface area contributed by atoms with E-state index in [0.29, 0.717) is 6.07 Å². The highest BCUT2D eigenvalue weighted by Gasteiger charge is 2.52. The molecule has 0 saturated carbocycles. The average molecular weight is 513 g/mol. The van der Waals surface area contributed by atoms with E-state index in [9.17, 15) is 39.4 Å². The van der Waals surface area contributed by atoms with Crippen molar-refractivity contribution < 1.29 is 52.7 Å². The first-order valence-corrected chi connectivity index (χ1v) is 10.3. The highest BCUT2D eigenvalue weighted by Crippen LogP contribution is 2.34. The molecule has 5 atom stereocenters. The Balaban J connectivity index is 2.63. The molecule has 1 saturated heterocycles. The van der Waals surface area contributed by atoms with Gasteiger partial charge in [0.2, 0.25) is 6.29 Å². The summed E-state index contributed by atoms with van der Waals surface area (Å²) in [7, 11) is 0. The number of esters is 4. The minimum Gasteiger partial charge on any atom is -0.463 e. The van der Waals surface area contributed by atoms with Crippen molar-refractivity contribution in [3.8, 4) is 0 Å². The number of rotatable bonds is 9. The van der Waals surface area contributed by atoms with Crippen molar-refractivity contribution in [2.24, 2.45) is 0 Å². The predicted octanol–water partition coefficient (Wildman–Crippen LogP) is 0.998. The molecular formula is C20H23N3O13. The van der Waals surface area contributed by atoms with Gasteiger partial charge in [-0.25, -0.2) is 0 Å². The molecule has 1 N–H and O–H groups in total. The summed E-state index contributed by atoms with van der Waals surface area (Å²) in [6.07, 6.45) is -5.84. The third-order valence-electron chi connectivity index (χ3n) is 4.70. The monoisotopic (exact) mass is 513 g/mol. The molecule has 0 amide bonds. The first-order chi connectivity index (χ1) is 16.8. The number of hydrogen-bond acceptors (Lipinski definition) is 14. The second-order valence-electron chi connectivity index (χ2n) is 7.49. The molecule has 2 rings (SSSR count). The Morgan fingerprint density at radius 1 is 0.889 bits per heavy atom. The number of nitrogens with one attached hydrogen (secondary N) is 1. The Morgan fingerprint density at radius 2 is 1.47 bits per heavy atom. The lowest BCUT2D eigenvalue weighted by atomic mass is 9.95. The summed E-state index contributed by atoms with van der Waals surface area (Å²) < 4.78 is 26.3. The van der Waals surface area contributed by atoms with E-state index < -0.39 is 82.3 Å². The number of ether oxygens (including phenoxy) is 5. The number of anilines is 1. The molecule has 1 fully saturated rings. The van der Waals surface area contributed by atoms with Crippen LogP contribution in [0.3, 0.4) is 0 Å². The molecule has 1 aliphatic heterocycles. The lowest BCUT2D eigenvalue weighted by Crippen LogP contribution is -2.64. The van der Waals surface area contributed by atoms with Crippen molar-refractivity contribution in [2.75, 3.05) is 11.9 Å².